The van der Waals surface area contributed by atoms with Crippen molar-refractivity contribution in [2.75, 3.05) is 7.11 Å². The summed E-state index contributed by atoms with van der Waals surface area (Å²) < 4.78 is 6.15. The predicted octanol–water partition coefficient (Wildman–Crippen LogP) is 2.48. The predicted molar refractivity (Wildman–Crippen MR) is 100 cm³/mol. The van der Waals surface area contributed by atoms with Crippen molar-refractivity contribution in [2.24, 2.45) is 0 Å². The van der Waals surface area contributed by atoms with Crippen LogP contribution in [0.5, 0.6) is 5.75 Å². The molecular formula is C19H16N4O6. The summed E-state index contributed by atoms with van der Waals surface area (Å²) in [5.74, 6) is -1.65. The van der Waals surface area contributed by atoms with Gasteiger partial charge in [0.2, 0.25) is 5.78 Å². The molecule has 3 rings (SSSR count). The fraction of sp³-hybridized carbons (Fsp3) is 0.158. The Hall–Kier alpha value is -4.08. The van der Waals surface area contributed by atoms with Gasteiger partial charge in [-0.15, -0.1) is 5.10 Å². The van der Waals surface area contributed by atoms with Crippen LogP contribution in [0.2, 0.25) is 0 Å². The van der Waals surface area contributed by atoms with Gasteiger partial charge in [0.25, 0.3) is 5.69 Å². The quantitative estimate of drug-likeness (QED) is 0.365. The highest BCUT2D eigenvalue weighted by Gasteiger charge is 2.31. The molecule has 10 heteroatoms. The van der Waals surface area contributed by atoms with Crippen LogP contribution in [0, 0.1) is 17.0 Å². The molecule has 3 aromatic rings. The van der Waals surface area contributed by atoms with Crippen LogP contribution in [0.1, 0.15) is 37.7 Å². The Balaban J connectivity index is 2.04. The van der Waals surface area contributed by atoms with Gasteiger partial charge in [-0.3, -0.25) is 14.9 Å². The summed E-state index contributed by atoms with van der Waals surface area (Å²) in [5.41, 5.74) is -0.483. The second-order valence-electron chi connectivity index (χ2n) is 6.15. The van der Waals surface area contributed by atoms with Crippen molar-refractivity contribution in [1.82, 2.24) is 15.0 Å². The maximum Gasteiger partial charge on any atom is 0.356 e. The molecule has 0 aliphatic heterocycles. The SMILES string of the molecule is COc1ccc(Cn2nnc(C(=O)c3c(C)cccc3[N+](=O)[O-])c2C(=O)O)cc1. The average molecular weight is 396 g/mol. The molecule has 0 bridgehead atoms. The Morgan fingerprint density at radius 1 is 1.21 bits per heavy atom. The Morgan fingerprint density at radius 2 is 1.90 bits per heavy atom. The van der Waals surface area contributed by atoms with Crippen LogP contribution in [-0.2, 0) is 6.54 Å². The summed E-state index contributed by atoms with van der Waals surface area (Å²) in [6, 6.07) is 11.0. The molecule has 2 aromatic carbocycles. The Kier molecular flexibility index (Phi) is 5.35. The zero-order valence-corrected chi connectivity index (χ0v) is 15.5. The summed E-state index contributed by atoms with van der Waals surface area (Å²) in [5, 5.41) is 28.5. The van der Waals surface area contributed by atoms with E-state index in [2.05, 4.69) is 10.3 Å². The van der Waals surface area contributed by atoms with Gasteiger partial charge in [-0.1, -0.05) is 29.5 Å². The molecule has 0 saturated carbocycles. The number of nitro groups is 1. The Morgan fingerprint density at radius 3 is 2.48 bits per heavy atom. The third kappa shape index (κ3) is 3.81. The van der Waals surface area contributed by atoms with E-state index in [-0.39, 0.29) is 12.1 Å². The van der Waals surface area contributed by atoms with Gasteiger partial charge in [0.1, 0.15) is 11.3 Å². The summed E-state index contributed by atoms with van der Waals surface area (Å²) in [7, 11) is 1.53. The number of ketones is 1. The number of nitro benzene ring substituents is 1. The highest BCUT2D eigenvalue weighted by atomic mass is 16.6. The maximum absolute atomic E-state index is 13.0. The lowest BCUT2D eigenvalue weighted by Crippen LogP contribution is -2.16. The van der Waals surface area contributed by atoms with Gasteiger partial charge in [0, 0.05) is 6.07 Å². The number of benzene rings is 2. The van der Waals surface area contributed by atoms with Crippen molar-refractivity contribution in [3.63, 3.8) is 0 Å². The molecule has 0 atom stereocenters. The molecule has 1 N–H and O–H groups in total. The summed E-state index contributed by atoms with van der Waals surface area (Å²) >= 11 is 0. The molecule has 0 amide bonds. The Labute approximate surface area is 164 Å². The molecule has 1 heterocycles. The third-order valence-corrected chi connectivity index (χ3v) is 4.32. The van der Waals surface area contributed by atoms with Gasteiger partial charge in [0.15, 0.2) is 11.4 Å². The van der Waals surface area contributed by atoms with Gasteiger partial charge in [-0.25, -0.2) is 9.48 Å². The van der Waals surface area contributed by atoms with E-state index in [1.54, 1.807) is 24.3 Å². The number of nitrogens with zero attached hydrogens (tertiary/aromatic N) is 4. The van der Waals surface area contributed by atoms with Crippen LogP contribution in [0.4, 0.5) is 5.69 Å². The van der Waals surface area contributed by atoms with Crippen molar-refractivity contribution in [3.05, 3.63) is 80.7 Å². The van der Waals surface area contributed by atoms with E-state index in [0.29, 0.717) is 16.9 Å². The van der Waals surface area contributed by atoms with Crippen LogP contribution < -0.4 is 4.74 Å². The minimum Gasteiger partial charge on any atom is -0.497 e. The molecule has 0 aliphatic carbocycles. The smallest absolute Gasteiger partial charge is 0.356 e. The first kappa shape index (κ1) is 19.7. The summed E-state index contributed by atoms with van der Waals surface area (Å²) in [6.07, 6.45) is 0. The van der Waals surface area contributed by atoms with Crippen LogP contribution in [0.15, 0.2) is 42.5 Å². The van der Waals surface area contributed by atoms with Crippen LogP contribution >= 0.6 is 0 Å². The van der Waals surface area contributed by atoms with Gasteiger partial charge < -0.3 is 9.84 Å². The second kappa shape index (κ2) is 7.89. The van der Waals surface area contributed by atoms with Crippen molar-refractivity contribution in [2.45, 2.75) is 13.5 Å². The first-order chi connectivity index (χ1) is 13.8. The maximum atomic E-state index is 13.0. The number of carbonyl (C=O) groups excluding carboxylic acids is 1. The second-order valence-corrected chi connectivity index (χ2v) is 6.15. The molecule has 10 nitrogen and oxygen atoms in total. The topological polar surface area (TPSA) is 137 Å². The fourth-order valence-electron chi connectivity index (χ4n) is 2.91. The number of rotatable bonds is 7. The zero-order chi connectivity index (χ0) is 21.1. The van der Waals surface area contributed by atoms with E-state index >= 15 is 0 Å². The number of aryl methyl sites for hydroxylation is 1. The van der Waals surface area contributed by atoms with Gasteiger partial charge >= 0.3 is 5.97 Å². The number of ether oxygens (including phenoxy) is 1. The number of hydrogen-bond donors (Lipinski definition) is 1. The molecule has 148 valence electrons. The van der Waals surface area contributed by atoms with E-state index < -0.39 is 33.8 Å². The largest absolute Gasteiger partial charge is 0.497 e. The number of aromatic nitrogens is 3. The van der Waals surface area contributed by atoms with E-state index in [0.717, 1.165) is 4.68 Å². The van der Waals surface area contributed by atoms with E-state index in [4.69, 9.17) is 4.74 Å². The molecule has 1 aromatic heterocycles. The first-order valence-corrected chi connectivity index (χ1v) is 8.42. The lowest BCUT2D eigenvalue weighted by molar-refractivity contribution is -0.385. The standard InChI is InChI=1S/C19H16N4O6/c1-11-4-3-5-14(23(27)28)15(11)18(24)16-17(19(25)26)22(21-20-16)10-12-6-8-13(29-2)9-7-12/h3-9H,10H2,1-2H3,(H,25,26). The molecule has 0 fully saturated rings. The van der Waals surface area contributed by atoms with Crippen LogP contribution in [0.3, 0.4) is 0 Å². The van der Waals surface area contributed by atoms with E-state index in [1.807, 2.05) is 0 Å². The molecule has 29 heavy (non-hydrogen) atoms. The number of carboxylic acid groups (broad SMARTS) is 1. The number of methoxy groups -OCH3 is 1. The van der Waals surface area contributed by atoms with Crippen molar-refractivity contribution >= 4 is 17.4 Å². The first-order valence-electron chi connectivity index (χ1n) is 8.42. The normalized spacial score (nSPS) is 10.6. The minimum absolute atomic E-state index is 0.0434. The van der Waals surface area contributed by atoms with Gasteiger partial charge in [-0.2, -0.15) is 0 Å². The van der Waals surface area contributed by atoms with E-state index in [1.165, 1.54) is 32.2 Å². The van der Waals surface area contributed by atoms with Crippen molar-refractivity contribution in [3.8, 4) is 5.75 Å². The molecule has 0 spiro atoms. The highest BCUT2D eigenvalue weighted by Crippen LogP contribution is 2.25. The monoisotopic (exact) mass is 396 g/mol. The average Bonchev–Trinajstić information content (AvgIpc) is 3.11. The summed E-state index contributed by atoms with van der Waals surface area (Å²) in [4.78, 5) is 35.4. The number of aromatic carboxylic acids is 1. The highest BCUT2D eigenvalue weighted by molar-refractivity contribution is 6.15. The lowest BCUT2D eigenvalue weighted by atomic mass is 9.99. The van der Waals surface area contributed by atoms with Gasteiger partial charge in [-0.05, 0) is 30.2 Å². The summed E-state index contributed by atoms with van der Waals surface area (Å²) in [6.45, 7) is 1.57. The van der Waals surface area contributed by atoms with Gasteiger partial charge in [0.05, 0.1) is 18.6 Å². The molecule has 0 unspecified atom stereocenters. The fourth-order valence-corrected chi connectivity index (χ4v) is 2.91. The van der Waals surface area contributed by atoms with E-state index in [9.17, 15) is 24.8 Å². The molecule has 0 radical (unpaired) electrons. The van der Waals surface area contributed by atoms with Crippen LogP contribution in [-0.4, -0.2) is 43.9 Å². The number of carbonyl (C=O) groups is 2. The third-order valence-electron chi connectivity index (χ3n) is 4.32. The number of carboxylic acids is 1. The molecule has 0 saturated heterocycles. The zero-order valence-electron chi connectivity index (χ0n) is 15.5. The van der Waals surface area contributed by atoms with Crippen LogP contribution in [0.25, 0.3) is 0 Å². The minimum atomic E-state index is -1.41. The van der Waals surface area contributed by atoms with Crippen molar-refractivity contribution < 1.29 is 24.4 Å². The van der Waals surface area contributed by atoms with Crippen molar-refractivity contribution in [1.29, 1.82) is 0 Å². The molecular weight excluding hydrogens is 380 g/mol. The Bertz CT molecular complexity index is 1100. The lowest BCUT2D eigenvalue weighted by Gasteiger charge is -2.07. The molecule has 0 aliphatic rings. The number of hydrogen-bond acceptors (Lipinski definition) is 7.